The van der Waals surface area contributed by atoms with Gasteiger partial charge in [0.05, 0.1) is 0 Å². The number of carbonyl (C=O) groups is 3. The van der Waals surface area contributed by atoms with E-state index in [2.05, 4.69) is 31.5 Å². The van der Waals surface area contributed by atoms with Crippen LogP contribution in [0.3, 0.4) is 0 Å². The second-order valence-corrected chi connectivity index (χ2v) is 6.81. The second kappa shape index (κ2) is 9.82. The van der Waals surface area contributed by atoms with Crippen molar-refractivity contribution in [3.8, 4) is 0 Å². The molecule has 0 aliphatic heterocycles. The van der Waals surface area contributed by atoms with Crippen molar-refractivity contribution in [2.24, 2.45) is 5.73 Å². The van der Waals surface area contributed by atoms with Gasteiger partial charge in [-0.1, -0.05) is 36.4 Å². The standard InChI is InChI=1S/C19H21BrN4O3/c1-12(25)23-16(10-13-6-3-2-4-7-13)19(27)24-15(18(21)26)11-14-8-5-9-22-17(14)20/h2-9,15-16H,10-11H2,1H3,(H2,21,26)(H,23,25)(H,24,27)/t15-,16+/m1/s1. The van der Waals surface area contributed by atoms with Crippen LogP contribution < -0.4 is 16.4 Å². The number of pyridine rings is 1. The SMILES string of the molecule is CC(=O)N[C@@H](Cc1ccccc1)C(=O)N[C@H](Cc1cccnc1Br)C(N)=O. The number of hydrogen-bond donors (Lipinski definition) is 3. The van der Waals surface area contributed by atoms with Crippen LogP contribution in [0, 0.1) is 0 Å². The molecule has 1 heterocycles. The van der Waals surface area contributed by atoms with Gasteiger partial charge >= 0.3 is 0 Å². The number of nitrogens with one attached hydrogen (secondary N) is 2. The van der Waals surface area contributed by atoms with Crippen molar-refractivity contribution >= 4 is 33.7 Å². The summed E-state index contributed by atoms with van der Waals surface area (Å²) < 4.78 is 0.577. The van der Waals surface area contributed by atoms with Crippen molar-refractivity contribution in [2.75, 3.05) is 0 Å². The van der Waals surface area contributed by atoms with Gasteiger partial charge in [-0.15, -0.1) is 0 Å². The van der Waals surface area contributed by atoms with Crippen LogP contribution in [0.5, 0.6) is 0 Å². The van der Waals surface area contributed by atoms with E-state index >= 15 is 0 Å². The van der Waals surface area contributed by atoms with Gasteiger partial charge < -0.3 is 16.4 Å². The van der Waals surface area contributed by atoms with Gasteiger partial charge in [0.15, 0.2) is 0 Å². The quantitative estimate of drug-likeness (QED) is 0.541. The van der Waals surface area contributed by atoms with Crippen molar-refractivity contribution in [3.63, 3.8) is 0 Å². The number of hydrogen-bond acceptors (Lipinski definition) is 4. The van der Waals surface area contributed by atoms with E-state index < -0.39 is 23.9 Å². The highest BCUT2D eigenvalue weighted by Crippen LogP contribution is 2.15. The van der Waals surface area contributed by atoms with Gasteiger partial charge in [0.25, 0.3) is 0 Å². The first-order valence-electron chi connectivity index (χ1n) is 8.37. The summed E-state index contributed by atoms with van der Waals surface area (Å²) in [7, 11) is 0. The highest BCUT2D eigenvalue weighted by Gasteiger charge is 2.26. The maximum absolute atomic E-state index is 12.7. The van der Waals surface area contributed by atoms with Gasteiger partial charge in [-0.2, -0.15) is 0 Å². The van der Waals surface area contributed by atoms with Gasteiger partial charge in [0.2, 0.25) is 17.7 Å². The van der Waals surface area contributed by atoms with Crippen molar-refractivity contribution in [1.29, 1.82) is 0 Å². The lowest BCUT2D eigenvalue weighted by atomic mass is 10.0. The lowest BCUT2D eigenvalue weighted by molar-refractivity contribution is -0.130. The Morgan fingerprint density at radius 1 is 1.04 bits per heavy atom. The Morgan fingerprint density at radius 3 is 2.33 bits per heavy atom. The topological polar surface area (TPSA) is 114 Å². The molecule has 0 fully saturated rings. The molecule has 2 atom stereocenters. The van der Waals surface area contributed by atoms with Crippen LogP contribution in [0.25, 0.3) is 0 Å². The number of amides is 3. The highest BCUT2D eigenvalue weighted by molar-refractivity contribution is 9.10. The number of nitrogens with two attached hydrogens (primary N) is 1. The number of carbonyl (C=O) groups excluding carboxylic acids is 3. The van der Waals surface area contributed by atoms with E-state index in [-0.39, 0.29) is 12.3 Å². The van der Waals surface area contributed by atoms with Gasteiger partial charge in [-0.3, -0.25) is 14.4 Å². The molecule has 7 nitrogen and oxygen atoms in total. The Morgan fingerprint density at radius 2 is 1.74 bits per heavy atom. The highest BCUT2D eigenvalue weighted by atomic mass is 79.9. The molecule has 0 spiro atoms. The Labute approximate surface area is 165 Å². The first kappa shape index (κ1) is 20.6. The molecule has 0 aliphatic rings. The molecule has 0 radical (unpaired) electrons. The minimum atomic E-state index is -0.926. The lowest BCUT2D eigenvalue weighted by Crippen LogP contribution is -2.54. The molecule has 0 unspecified atom stereocenters. The van der Waals surface area contributed by atoms with Crippen LogP contribution in [0.1, 0.15) is 18.1 Å². The first-order valence-corrected chi connectivity index (χ1v) is 9.16. The minimum Gasteiger partial charge on any atom is -0.368 e. The largest absolute Gasteiger partial charge is 0.368 e. The molecule has 27 heavy (non-hydrogen) atoms. The van der Waals surface area contributed by atoms with E-state index in [1.807, 2.05) is 30.3 Å². The summed E-state index contributed by atoms with van der Waals surface area (Å²) in [4.78, 5) is 40.2. The third-order valence-corrected chi connectivity index (χ3v) is 4.61. The van der Waals surface area contributed by atoms with Crippen molar-refractivity contribution in [2.45, 2.75) is 31.8 Å². The van der Waals surface area contributed by atoms with Crippen LogP contribution in [0.2, 0.25) is 0 Å². The summed E-state index contributed by atoms with van der Waals surface area (Å²) in [5, 5.41) is 5.26. The van der Waals surface area contributed by atoms with E-state index in [4.69, 9.17) is 5.73 Å². The zero-order valence-corrected chi connectivity index (χ0v) is 16.4. The fourth-order valence-electron chi connectivity index (χ4n) is 2.59. The van der Waals surface area contributed by atoms with E-state index in [9.17, 15) is 14.4 Å². The van der Waals surface area contributed by atoms with E-state index in [1.54, 1.807) is 18.3 Å². The van der Waals surface area contributed by atoms with Crippen molar-refractivity contribution < 1.29 is 14.4 Å². The Kier molecular flexibility index (Phi) is 7.48. The predicted molar refractivity (Wildman–Crippen MR) is 105 cm³/mol. The Bertz CT molecular complexity index is 814. The molecule has 8 heteroatoms. The third kappa shape index (κ3) is 6.49. The van der Waals surface area contributed by atoms with Crippen molar-refractivity contribution in [1.82, 2.24) is 15.6 Å². The van der Waals surface area contributed by atoms with Gasteiger partial charge in [0.1, 0.15) is 16.7 Å². The molecule has 0 saturated carbocycles. The van der Waals surface area contributed by atoms with Crippen LogP contribution in [0.4, 0.5) is 0 Å². The number of benzene rings is 1. The molecule has 3 amide bonds. The number of rotatable bonds is 8. The zero-order valence-electron chi connectivity index (χ0n) is 14.8. The normalized spacial score (nSPS) is 12.7. The average Bonchev–Trinajstić information content (AvgIpc) is 2.62. The van der Waals surface area contributed by atoms with Crippen LogP contribution in [0.15, 0.2) is 53.3 Å². The number of aromatic nitrogens is 1. The minimum absolute atomic E-state index is 0.188. The molecular weight excluding hydrogens is 412 g/mol. The molecule has 0 bridgehead atoms. The summed E-state index contributed by atoms with van der Waals surface area (Å²) in [5.41, 5.74) is 7.08. The molecule has 2 aromatic rings. The van der Waals surface area contributed by atoms with Crippen LogP contribution in [-0.2, 0) is 27.2 Å². The summed E-state index contributed by atoms with van der Waals surface area (Å²) in [6, 6.07) is 11.1. The average molecular weight is 433 g/mol. The first-order chi connectivity index (χ1) is 12.9. The Balaban J connectivity index is 2.13. The van der Waals surface area contributed by atoms with Crippen LogP contribution in [-0.4, -0.2) is 34.8 Å². The molecule has 142 valence electrons. The summed E-state index contributed by atoms with van der Waals surface area (Å²) in [6.45, 7) is 1.34. The van der Waals surface area contributed by atoms with Crippen molar-refractivity contribution in [3.05, 3.63) is 64.4 Å². The number of halogens is 1. The maximum atomic E-state index is 12.7. The predicted octanol–water partition coefficient (Wildman–Crippen LogP) is 1.10. The molecule has 0 aliphatic carbocycles. The maximum Gasteiger partial charge on any atom is 0.243 e. The molecule has 1 aromatic carbocycles. The third-order valence-electron chi connectivity index (χ3n) is 3.90. The zero-order chi connectivity index (χ0) is 19.8. The smallest absolute Gasteiger partial charge is 0.243 e. The molecule has 1 aromatic heterocycles. The number of primary amides is 1. The van der Waals surface area contributed by atoms with Gasteiger partial charge in [-0.25, -0.2) is 4.98 Å². The summed E-state index contributed by atoms with van der Waals surface area (Å²) in [6.07, 6.45) is 2.10. The fraction of sp³-hybridized carbons (Fsp3) is 0.263. The Hall–Kier alpha value is -2.74. The second-order valence-electron chi connectivity index (χ2n) is 6.06. The number of nitrogens with zero attached hydrogens (tertiary/aromatic N) is 1. The van der Waals surface area contributed by atoms with Crippen LogP contribution >= 0.6 is 15.9 Å². The molecule has 4 N–H and O–H groups in total. The molecule has 0 saturated heterocycles. The van der Waals surface area contributed by atoms with E-state index in [1.165, 1.54) is 6.92 Å². The summed E-state index contributed by atoms with van der Waals surface area (Å²) in [5.74, 6) is -1.48. The molecule has 2 rings (SSSR count). The molecular formula is C19H21BrN4O3. The van der Waals surface area contributed by atoms with E-state index in [0.29, 0.717) is 11.0 Å². The summed E-state index contributed by atoms with van der Waals surface area (Å²) >= 11 is 3.31. The van der Waals surface area contributed by atoms with Gasteiger partial charge in [0, 0.05) is 26.0 Å². The monoisotopic (exact) mass is 432 g/mol. The van der Waals surface area contributed by atoms with Gasteiger partial charge in [-0.05, 0) is 33.1 Å². The fourth-order valence-corrected chi connectivity index (χ4v) is 3.00. The van der Waals surface area contributed by atoms with E-state index in [0.717, 1.165) is 11.1 Å². The lowest BCUT2D eigenvalue weighted by Gasteiger charge is -2.22.